The Kier molecular flexibility index (Phi) is 3.78. The topological polar surface area (TPSA) is 35.5 Å². The molecule has 0 bridgehead atoms. The second-order valence-electron chi connectivity index (χ2n) is 3.92. The van der Waals surface area contributed by atoms with E-state index in [0.717, 1.165) is 32.2 Å². The van der Waals surface area contributed by atoms with Crippen molar-refractivity contribution in [2.45, 2.75) is 6.54 Å². The highest BCUT2D eigenvalue weighted by Crippen LogP contribution is 2.27. The Bertz CT molecular complexity index is 380. The molecule has 1 aromatic carbocycles. The van der Waals surface area contributed by atoms with Crippen LogP contribution in [0.5, 0.6) is 5.75 Å². The predicted octanol–water partition coefficient (Wildman–Crippen LogP) is 1.70. The summed E-state index contributed by atoms with van der Waals surface area (Å²) >= 11 is 3.20. The van der Waals surface area contributed by atoms with Gasteiger partial charge in [-0.15, -0.1) is 0 Å². The molecule has 0 spiro atoms. The van der Waals surface area contributed by atoms with E-state index in [4.69, 9.17) is 0 Å². The quantitative estimate of drug-likeness (QED) is 0.870. The van der Waals surface area contributed by atoms with Crippen LogP contribution in [0.25, 0.3) is 0 Å². The number of piperazine rings is 1. The van der Waals surface area contributed by atoms with Crippen LogP contribution in [-0.2, 0) is 6.54 Å². The number of benzene rings is 1. The van der Waals surface area contributed by atoms with Crippen molar-refractivity contribution in [1.29, 1.82) is 0 Å². The van der Waals surface area contributed by atoms with E-state index in [1.54, 1.807) is 6.07 Å². The number of halogens is 2. The van der Waals surface area contributed by atoms with Crippen LogP contribution in [0.15, 0.2) is 16.6 Å². The van der Waals surface area contributed by atoms with E-state index in [9.17, 15) is 9.50 Å². The molecule has 0 aliphatic carbocycles. The minimum absolute atomic E-state index is 0.0541. The SMILES string of the molecule is Oc1cc(F)c(CN2CCNCC2)cc1Br. The van der Waals surface area contributed by atoms with E-state index >= 15 is 0 Å². The molecule has 1 aliphatic heterocycles. The van der Waals surface area contributed by atoms with Gasteiger partial charge in [-0.05, 0) is 22.0 Å². The van der Waals surface area contributed by atoms with Crippen LogP contribution in [0.4, 0.5) is 4.39 Å². The molecule has 16 heavy (non-hydrogen) atoms. The lowest BCUT2D eigenvalue weighted by atomic mass is 10.2. The number of nitrogens with zero attached hydrogens (tertiary/aromatic N) is 1. The zero-order valence-electron chi connectivity index (χ0n) is 8.84. The fraction of sp³-hybridized carbons (Fsp3) is 0.455. The molecule has 0 aromatic heterocycles. The lowest BCUT2D eigenvalue weighted by Gasteiger charge is -2.27. The van der Waals surface area contributed by atoms with Gasteiger partial charge < -0.3 is 10.4 Å². The summed E-state index contributed by atoms with van der Waals surface area (Å²) in [6.07, 6.45) is 0. The largest absolute Gasteiger partial charge is 0.507 e. The minimum Gasteiger partial charge on any atom is -0.507 e. The van der Waals surface area contributed by atoms with Gasteiger partial charge in [-0.3, -0.25) is 4.90 Å². The first-order chi connectivity index (χ1) is 7.66. The lowest BCUT2D eigenvalue weighted by Crippen LogP contribution is -2.43. The van der Waals surface area contributed by atoms with Crippen LogP contribution in [0.3, 0.4) is 0 Å². The summed E-state index contributed by atoms with van der Waals surface area (Å²) < 4.78 is 14.1. The molecule has 1 heterocycles. The third-order valence-corrected chi connectivity index (χ3v) is 3.35. The van der Waals surface area contributed by atoms with Crippen LogP contribution >= 0.6 is 15.9 Å². The molecule has 5 heteroatoms. The van der Waals surface area contributed by atoms with Gasteiger partial charge in [-0.2, -0.15) is 0 Å². The van der Waals surface area contributed by atoms with Gasteiger partial charge in [0, 0.05) is 44.4 Å². The minimum atomic E-state index is -0.348. The number of rotatable bonds is 2. The van der Waals surface area contributed by atoms with Crippen LogP contribution in [0.1, 0.15) is 5.56 Å². The van der Waals surface area contributed by atoms with Crippen molar-refractivity contribution in [2.24, 2.45) is 0 Å². The molecular formula is C11H14BrFN2O. The van der Waals surface area contributed by atoms with E-state index in [1.165, 1.54) is 0 Å². The third-order valence-electron chi connectivity index (χ3n) is 2.72. The van der Waals surface area contributed by atoms with Crippen LogP contribution in [-0.4, -0.2) is 36.2 Å². The Balaban J connectivity index is 2.11. The van der Waals surface area contributed by atoms with Crippen LogP contribution in [0.2, 0.25) is 0 Å². The van der Waals surface area contributed by atoms with E-state index in [1.807, 2.05) is 0 Å². The fourth-order valence-electron chi connectivity index (χ4n) is 1.81. The summed E-state index contributed by atoms with van der Waals surface area (Å²) in [5.41, 5.74) is 0.617. The number of hydrogen-bond donors (Lipinski definition) is 2. The molecule has 0 saturated carbocycles. The first-order valence-corrected chi connectivity index (χ1v) is 6.06. The van der Waals surface area contributed by atoms with E-state index < -0.39 is 0 Å². The standard InChI is InChI=1S/C11H14BrFN2O/c12-9-5-8(10(13)6-11(9)16)7-15-3-1-14-2-4-15/h5-6,14,16H,1-4,7H2. The zero-order valence-corrected chi connectivity index (χ0v) is 10.4. The van der Waals surface area contributed by atoms with Crippen molar-refractivity contribution in [2.75, 3.05) is 26.2 Å². The average molecular weight is 289 g/mol. The Hall–Kier alpha value is -0.650. The van der Waals surface area contributed by atoms with Crippen molar-refractivity contribution in [3.63, 3.8) is 0 Å². The lowest BCUT2D eigenvalue weighted by molar-refractivity contribution is 0.230. The van der Waals surface area contributed by atoms with Gasteiger partial charge in [0.05, 0.1) is 4.47 Å². The highest BCUT2D eigenvalue weighted by Gasteiger charge is 2.14. The van der Waals surface area contributed by atoms with Crippen molar-refractivity contribution in [1.82, 2.24) is 10.2 Å². The summed E-state index contributed by atoms with van der Waals surface area (Å²) in [4.78, 5) is 2.19. The summed E-state index contributed by atoms with van der Waals surface area (Å²) in [6.45, 7) is 4.34. The number of hydrogen-bond acceptors (Lipinski definition) is 3. The van der Waals surface area contributed by atoms with Gasteiger partial charge in [0.25, 0.3) is 0 Å². The monoisotopic (exact) mass is 288 g/mol. The Morgan fingerprint density at radius 1 is 1.38 bits per heavy atom. The summed E-state index contributed by atoms with van der Waals surface area (Å²) in [5.74, 6) is -0.402. The van der Waals surface area contributed by atoms with Gasteiger partial charge in [0.1, 0.15) is 11.6 Å². The van der Waals surface area contributed by atoms with Gasteiger partial charge in [-0.25, -0.2) is 4.39 Å². The molecule has 1 fully saturated rings. The normalized spacial score (nSPS) is 17.6. The molecule has 0 atom stereocenters. The molecule has 2 rings (SSSR count). The van der Waals surface area contributed by atoms with Gasteiger partial charge in [0.15, 0.2) is 0 Å². The second kappa shape index (κ2) is 5.12. The molecule has 3 nitrogen and oxygen atoms in total. The first kappa shape index (κ1) is 11.8. The fourth-order valence-corrected chi connectivity index (χ4v) is 2.20. The zero-order chi connectivity index (χ0) is 11.5. The molecule has 0 amide bonds. The first-order valence-electron chi connectivity index (χ1n) is 5.27. The highest BCUT2D eigenvalue weighted by atomic mass is 79.9. The summed E-state index contributed by atoms with van der Waals surface area (Å²) in [7, 11) is 0. The number of phenols is 1. The molecule has 88 valence electrons. The highest BCUT2D eigenvalue weighted by molar-refractivity contribution is 9.10. The second-order valence-corrected chi connectivity index (χ2v) is 4.78. The van der Waals surface area contributed by atoms with Gasteiger partial charge in [-0.1, -0.05) is 0 Å². The van der Waals surface area contributed by atoms with Gasteiger partial charge in [0.2, 0.25) is 0 Å². The maximum atomic E-state index is 13.6. The molecule has 2 N–H and O–H groups in total. The van der Waals surface area contributed by atoms with Crippen molar-refractivity contribution < 1.29 is 9.50 Å². The Morgan fingerprint density at radius 3 is 2.75 bits per heavy atom. The van der Waals surface area contributed by atoms with E-state index in [2.05, 4.69) is 26.1 Å². The molecule has 1 aliphatic rings. The Labute approximate surface area is 102 Å². The molecule has 1 saturated heterocycles. The summed E-state index contributed by atoms with van der Waals surface area (Å²) in [6, 6.07) is 2.80. The Morgan fingerprint density at radius 2 is 2.06 bits per heavy atom. The number of aromatic hydroxyl groups is 1. The average Bonchev–Trinajstić information content (AvgIpc) is 2.27. The smallest absolute Gasteiger partial charge is 0.132 e. The predicted molar refractivity (Wildman–Crippen MR) is 63.9 cm³/mol. The molecule has 1 aromatic rings. The maximum absolute atomic E-state index is 13.6. The van der Waals surface area contributed by atoms with Crippen molar-refractivity contribution >= 4 is 15.9 Å². The summed E-state index contributed by atoms with van der Waals surface area (Å²) in [5, 5.41) is 12.6. The van der Waals surface area contributed by atoms with E-state index in [-0.39, 0.29) is 11.6 Å². The van der Waals surface area contributed by atoms with Crippen molar-refractivity contribution in [3.05, 3.63) is 28.0 Å². The molecular weight excluding hydrogens is 275 g/mol. The van der Waals surface area contributed by atoms with Crippen LogP contribution in [0, 0.1) is 5.82 Å². The van der Waals surface area contributed by atoms with Crippen molar-refractivity contribution in [3.8, 4) is 5.75 Å². The molecule has 0 unspecified atom stereocenters. The maximum Gasteiger partial charge on any atom is 0.132 e. The van der Waals surface area contributed by atoms with E-state index in [0.29, 0.717) is 16.6 Å². The van der Waals surface area contributed by atoms with Gasteiger partial charge >= 0.3 is 0 Å². The third kappa shape index (κ3) is 2.72. The number of nitrogens with one attached hydrogen (secondary N) is 1. The molecule has 0 radical (unpaired) electrons. The number of phenolic OH excluding ortho intramolecular Hbond substituents is 1. The van der Waals surface area contributed by atoms with Crippen LogP contribution < -0.4 is 5.32 Å².